The third kappa shape index (κ3) is 3.22. The van der Waals surface area contributed by atoms with Crippen molar-refractivity contribution in [1.82, 2.24) is 29.4 Å². The van der Waals surface area contributed by atoms with E-state index in [1.165, 1.54) is 6.33 Å². The molecule has 5 rings (SSSR count). The predicted molar refractivity (Wildman–Crippen MR) is 105 cm³/mol. The molecule has 4 aromatic rings. The minimum Gasteiger partial charge on any atom is -0.393 e. The first-order valence-corrected chi connectivity index (χ1v) is 9.51. The van der Waals surface area contributed by atoms with E-state index in [9.17, 15) is 5.11 Å². The number of aliphatic hydroxyl groups excluding tert-OH is 1. The van der Waals surface area contributed by atoms with Gasteiger partial charge in [0.2, 0.25) is 0 Å². The highest BCUT2D eigenvalue weighted by Crippen LogP contribution is 2.24. The maximum atomic E-state index is 9.68. The predicted octanol–water partition coefficient (Wildman–Crippen LogP) is 2.69. The molecule has 0 spiro atoms. The molecule has 1 aliphatic rings. The molecule has 8 heteroatoms. The number of aliphatic hydroxyl groups is 1. The fourth-order valence-electron chi connectivity index (χ4n) is 3.70. The zero-order valence-electron chi connectivity index (χ0n) is 15.3. The summed E-state index contributed by atoms with van der Waals surface area (Å²) < 4.78 is 3.59. The molecule has 2 N–H and O–H groups in total. The first-order chi connectivity index (χ1) is 13.8. The van der Waals surface area contributed by atoms with Crippen LogP contribution >= 0.6 is 0 Å². The van der Waals surface area contributed by atoms with Gasteiger partial charge < -0.3 is 10.4 Å². The molecule has 3 heterocycles. The summed E-state index contributed by atoms with van der Waals surface area (Å²) in [6.07, 6.45) is 8.48. The highest BCUT2D eigenvalue weighted by Gasteiger charge is 2.19. The summed E-state index contributed by atoms with van der Waals surface area (Å²) in [5, 5.41) is 22.1. The third-order valence-corrected chi connectivity index (χ3v) is 5.26. The van der Waals surface area contributed by atoms with E-state index >= 15 is 0 Å². The Morgan fingerprint density at radius 2 is 1.82 bits per heavy atom. The van der Waals surface area contributed by atoms with Crippen LogP contribution in [0.4, 0.5) is 5.82 Å². The van der Waals surface area contributed by atoms with Gasteiger partial charge in [0.05, 0.1) is 23.7 Å². The Morgan fingerprint density at radius 1 is 1.00 bits per heavy atom. The summed E-state index contributed by atoms with van der Waals surface area (Å²) in [5.74, 6) is 0.826. The van der Waals surface area contributed by atoms with Crippen LogP contribution in [-0.2, 0) is 0 Å². The summed E-state index contributed by atoms with van der Waals surface area (Å²) in [4.78, 5) is 8.46. The smallest absolute Gasteiger partial charge is 0.154 e. The van der Waals surface area contributed by atoms with E-state index < -0.39 is 0 Å². The zero-order chi connectivity index (χ0) is 18.9. The molecule has 0 aliphatic heterocycles. The van der Waals surface area contributed by atoms with Gasteiger partial charge in [0.1, 0.15) is 18.5 Å². The lowest BCUT2D eigenvalue weighted by Crippen LogP contribution is -2.28. The standard InChI is InChI=1S/C20H21N7O/c28-17-7-3-15(4-8-17)24-19-9-10-20-22-11-18(27(20)25-19)14-1-5-16(6-2-14)26-13-21-12-23-26/h1-2,5-6,9-13,15,17,28H,3-4,7-8H2,(H,24,25). The second-order valence-electron chi connectivity index (χ2n) is 7.17. The van der Waals surface area contributed by atoms with Crippen LogP contribution < -0.4 is 5.32 Å². The maximum absolute atomic E-state index is 9.68. The average Bonchev–Trinajstić information content (AvgIpc) is 3.40. The van der Waals surface area contributed by atoms with Crippen molar-refractivity contribution < 1.29 is 5.11 Å². The lowest BCUT2D eigenvalue weighted by atomic mass is 9.93. The van der Waals surface area contributed by atoms with Gasteiger partial charge in [-0.15, -0.1) is 5.10 Å². The molecule has 1 fully saturated rings. The summed E-state index contributed by atoms with van der Waals surface area (Å²) in [6.45, 7) is 0. The van der Waals surface area contributed by atoms with Crippen molar-refractivity contribution in [2.75, 3.05) is 5.32 Å². The fraction of sp³-hybridized carbons (Fsp3) is 0.300. The number of hydrogen-bond acceptors (Lipinski definition) is 6. The molecule has 0 unspecified atom stereocenters. The highest BCUT2D eigenvalue weighted by molar-refractivity contribution is 5.64. The van der Waals surface area contributed by atoms with Crippen LogP contribution in [0.5, 0.6) is 0 Å². The zero-order valence-corrected chi connectivity index (χ0v) is 15.3. The normalized spacial score (nSPS) is 19.8. The fourth-order valence-corrected chi connectivity index (χ4v) is 3.70. The van der Waals surface area contributed by atoms with Gasteiger partial charge in [-0.25, -0.2) is 19.2 Å². The van der Waals surface area contributed by atoms with Gasteiger partial charge in [-0.05, 0) is 49.9 Å². The second-order valence-corrected chi connectivity index (χ2v) is 7.17. The van der Waals surface area contributed by atoms with Crippen LogP contribution in [0, 0.1) is 0 Å². The van der Waals surface area contributed by atoms with Crippen molar-refractivity contribution in [1.29, 1.82) is 0 Å². The van der Waals surface area contributed by atoms with E-state index in [4.69, 9.17) is 5.10 Å². The van der Waals surface area contributed by atoms with E-state index in [1.807, 2.05) is 47.1 Å². The third-order valence-electron chi connectivity index (χ3n) is 5.26. The molecular weight excluding hydrogens is 354 g/mol. The first kappa shape index (κ1) is 16.9. The van der Waals surface area contributed by atoms with Crippen molar-refractivity contribution in [3.8, 4) is 16.9 Å². The van der Waals surface area contributed by atoms with Gasteiger partial charge >= 0.3 is 0 Å². The molecule has 28 heavy (non-hydrogen) atoms. The van der Waals surface area contributed by atoms with Gasteiger partial charge in [-0.2, -0.15) is 5.10 Å². The Kier molecular flexibility index (Phi) is 4.25. The van der Waals surface area contributed by atoms with E-state index in [0.717, 1.165) is 54.1 Å². The summed E-state index contributed by atoms with van der Waals surface area (Å²) in [5.41, 5.74) is 3.72. The van der Waals surface area contributed by atoms with Gasteiger partial charge in [0.15, 0.2) is 5.65 Å². The number of imidazole rings is 1. The van der Waals surface area contributed by atoms with Crippen LogP contribution in [0.1, 0.15) is 25.7 Å². The molecule has 142 valence electrons. The SMILES string of the molecule is OC1CCC(Nc2ccc3ncc(-c4ccc(-n5cncn5)cc4)n3n2)CC1. The Bertz CT molecular complexity index is 1060. The van der Waals surface area contributed by atoms with E-state index in [1.54, 1.807) is 11.0 Å². The number of aromatic nitrogens is 6. The van der Waals surface area contributed by atoms with Crippen molar-refractivity contribution in [3.63, 3.8) is 0 Å². The first-order valence-electron chi connectivity index (χ1n) is 9.51. The second kappa shape index (κ2) is 7.05. The number of fused-ring (bicyclic) bond motifs is 1. The van der Waals surface area contributed by atoms with Crippen LogP contribution in [0.15, 0.2) is 55.2 Å². The van der Waals surface area contributed by atoms with Gasteiger partial charge in [-0.3, -0.25) is 0 Å². The lowest BCUT2D eigenvalue weighted by Gasteiger charge is -2.26. The number of rotatable bonds is 4. The molecule has 0 saturated heterocycles. The number of anilines is 1. The summed E-state index contributed by atoms with van der Waals surface area (Å²) >= 11 is 0. The number of hydrogen-bond donors (Lipinski definition) is 2. The molecule has 1 aliphatic carbocycles. The van der Waals surface area contributed by atoms with Crippen LogP contribution in [0.3, 0.4) is 0 Å². The quantitative estimate of drug-likeness (QED) is 0.570. The van der Waals surface area contributed by atoms with Crippen molar-refractivity contribution in [2.45, 2.75) is 37.8 Å². The summed E-state index contributed by atoms with van der Waals surface area (Å²) in [7, 11) is 0. The van der Waals surface area contributed by atoms with Crippen molar-refractivity contribution in [2.24, 2.45) is 0 Å². The van der Waals surface area contributed by atoms with Crippen LogP contribution in [0.25, 0.3) is 22.6 Å². The molecule has 3 aromatic heterocycles. The average molecular weight is 375 g/mol. The monoisotopic (exact) mass is 375 g/mol. The van der Waals surface area contributed by atoms with Gasteiger partial charge in [0, 0.05) is 11.6 Å². The van der Waals surface area contributed by atoms with Crippen LogP contribution in [-0.4, -0.2) is 46.6 Å². The topological polar surface area (TPSA) is 93.2 Å². The molecule has 1 aromatic carbocycles. The molecule has 8 nitrogen and oxygen atoms in total. The molecule has 0 atom stereocenters. The Balaban J connectivity index is 1.42. The van der Waals surface area contributed by atoms with Gasteiger partial charge in [-0.1, -0.05) is 12.1 Å². The largest absolute Gasteiger partial charge is 0.393 e. The minimum absolute atomic E-state index is 0.158. The molecular formula is C20H21N7O. The lowest BCUT2D eigenvalue weighted by molar-refractivity contribution is 0.126. The van der Waals surface area contributed by atoms with E-state index in [-0.39, 0.29) is 6.10 Å². The Labute approximate surface area is 161 Å². The molecule has 0 amide bonds. The Morgan fingerprint density at radius 3 is 2.57 bits per heavy atom. The van der Waals surface area contributed by atoms with Crippen molar-refractivity contribution >= 4 is 11.5 Å². The number of nitrogens with zero attached hydrogens (tertiary/aromatic N) is 6. The van der Waals surface area contributed by atoms with E-state index in [0.29, 0.717) is 6.04 Å². The number of benzene rings is 1. The molecule has 0 radical (unpaired) electrons. The van der Waals surface area contributed by atoms with Crippen LogP contribution in [0.2, 0.25) is 0 Å². The Hall–Kier alpha value is -3.26. The van der Waals surface area contributed by atoms with Crippen molar-refractivity contribution in [3.05, 3.63) is 55.2 Å². The molecule has 0 bridgehead atoms. The minimum atomic E-state index is -0.158. The highest BCUT2D eigenvalue weighted by atomic mass is 16.3. The van der Waals surface area contributed by atoms with E-state index in [2.05, 4.69) is 20.4 Å². The summed E-state index contributed by atoms with van der Waals surface area (Å²) in [6, 6.07) is 12.3. The molecule has 1 saturated carbocycles. The number of nitrogens with one attached hydrogen (secondary N) is 1. The maximum Gasteiger partial charge on any atom is 0.154 e. The van der Waals surface area contributed by atoms with Gasteiger partial charge in [0.25, 0.3) is 0 Å².